The molecule has 0 saturated heterocycles. The molecule has 0 aliphatic carbocycles. The van der Waals surface area contributed by atoms with Crippen LogP contribution in [0.25, 0.3) is 0 Å². The zero-order chi connectivity index (χ0) is 12.1. The number of carbonyl (C=O) groups is 1. The quantitative estimate of drug-likeness (QED) is 0.710. The van der Waals surface area contributed by atoms with E-state index in [1.54, 1.807) is 0 Å². The van der Waals surface area contributed by atoms with E-state index in [1.165, 1.54) is 12.3 Å². The highest BCUT2D eigenvalue weighted by atomic mass is 16.4. The third-order valence-corrected chi connectivity index (χ3v) is 2.27. The van der Waals surface area contributed by atoms with Gasteiger partial charge in [0, 0.05) is 12.2 Å². The van der Waals surface area contributed by atoms with Crippen molar-refractivity contribution in [2.45, 2.75) is 32.7 Å². The normalized spacial score (nSPS) is 12.1. The minimum absolute atomic E-state index is 0.103. The zero-order valence-corrected chi connectivity index (χ0v) is 9.53. The molecule has 5 nitrogen and oxygen atoms in total. The van der Waals surface area contributed by atoms with Crippen LogP contribution in [-0.4, -0.2) is 22.1 Å². The number of aromatic nitrogens is 1. The molecular formula is C11H17N3O2. The predicted octanol–water partition coefficient (Wildman–Crippen LogP) is 1.96. The highest BCUT2D eigenvalue weighted by Gasteiger charge is 2.09. The Labute approximate surface area is 94.7 Å². The zero-order valence-electron chi connectivity index (χ0n) is 9.53. The van der Waals surface area contributed by atoms with Crippen molar-refractivity contribution in [1.29, 1.82) is 0 Å². The Morgan fingerprint density at radius 3 is 2.88 bits per heavy atom. The number of hydrogen-bond acceptors (Lipinski definition) is 4. The summed E-state index contributed by atoms with van der Waals surface area (Å²) in [5, 5.41) is 11.9. The van der Waals surface area contributed by atoms with Crippen LogP contribution in [0.2, 0.25) is 0 Å². The molecule has 1 aromatic rings. The first-order valence-corrected chi connectivity index (χ1v) is 5.30. The second-order valence-electron chi connectivity index (χ2n) is 3.80. The summed E-state index contributed by atoms with van der Waals surface area (Å²) >= 11 is 0. The topological polar surface area (TPSA) is 88.2 Å². The number of aromatic carboxylic acids is 1. The van der Waals surface area contributed by atoms with Gasteiger partial charge in [0.15, 0.2) is 0 Å². The lowest BCUT2D eigenvalue weighted by Gasteiger charge is -2.15. The summed E-state index contributed by atoms with van der Waals surface area (Å²) in [6, 6.07) is 1.69. The monoisotopic (exact) mass is 223 g/mol. The molecule has 1 heterocycles. The lowest BCUT2D eigenvalue weighted by Crippen LogP contribution is -2.17. The van der Waals surface area contributed by atoms with Crippen LogP contribution in [0.15, 0.2) is 12.3 Å². The van der Waals surface area contributed by atoms with E-state index >= 15 is 0 Å². The van der Waals surface area contributed by atoms with Crippen molar-refractivity contribution in [3.05, 3.63) is 17.8 Å². The van der Waals surface area contributed by atoms with Gasteiger partial charge >= 0.3 is 5.97 Å². The van der Waals surface area contributed by atoms with Crippen LogP contribution < -0.4 is 11.1 Å². The first-order valence-electron chi connectivity index (χ1n) is 5.30. The SMILES string of the molecule is CCCC(C)Nc1ncc(C(=O)O)cc1N. The number of anilines is 2. The van der Waals surface area contributed by atoms with Gasteiger partial charge in [-0.15, -0.1) is 0 Å². The Morgan fingerprint density at radius 2 is 2.38 bits per heavy atom. The van der Waals surface area contributed by atoms with Gasteiger partial charge in [0.25, 0.3) is 0 Å². The van der Waals surface area contributed by atoms with Crippen LogP contribution in [0.4, 0.5) is 11.5 Å². The Hall–Kier alpha value is -1.78. The Bertz CT molecular complexity index is 379. The molecule has 4 N–H and O–H groups in total. The second kappa shape index (κ2) is 5.34. The van der Waals surface area contributed by atoms with Crippen molar-refractivity contribution in [1.82, 2.24) is 4.98 Å². The van der Waals surface area contributed by atoms with Crippen molar-refractivity contribution in [2.24, 2.45) is 0 Å². The molecule has 0 aliphatic heterocycles. The number of pyridine rings is 1. The Balaban J connectivity index is 2.79. The smallest absolute Gasteiger partial charge is 0.337 e. The van der Waals surface area contributed by atoms with Gasteiger partial charge in [-0.3, -0.25) is 0 Å². The third-order valence-electron chi connectivity index (χ3n) is 2.27. The van der Waals surface area contributed by atoms with E-state index in [9.17, 15) is 4.79 Å². The van der Waals surface area contributed by atoms with E-state index in [4.69, 9.17) is 10.8 Å². The molecule has 0 radical (unpaired) electrons. The van der Waals surface area contributed by atoms with Gasteiger partial charge in [-0.25, -0.2) is 9.78 Å². The summed E-state index contributed by atoms with van der Waals surface area (Å²) < 4.78 is 0. The maximum atomic E-state index is 10.7. The van der Waals surface area contributed by atoms with Crippen molar-refractivity contribution in [3.8, 4) is 0 Å². The van der Waals surface area contributed by atoms with E-state index in [0.717, 1.165) is 12.8 Å². The number of carboxylic acids is 1. The molecule has 5 heteroatoms. The summed E-state index contributed by atoms with van der Waals surface area (Å²) in [4.78, 5) is 14.7. The summed E-state index contributed by atoms with van der Waals surface area (Å²) in [5.41, 5.74) is 6.18. The predicted molar refractivity (Wildman–Crippen MR) is 63.6 cm³/mol. The summed E-state index contributed by atoms with van der Waals surface area (Å²) in [6.07, 6.45) is 3.39. The van der Waals surface area contributed by atoms with Gasteiger partial charge in [-0.05, 0) is 19.4 Å². The van der Waals surface area contributed by atoms with Crippen LogP contribution in [0.3, 0.4) is 0 Å². The molecule has 16 heavy (non-hydrogen) atoms. The molecule has 0 spiro atoms. The molecule has 0 aromatic carbocycles. The molecule has 0 saturated carbocycles. The first-order chi connectivity index (χ1) is 7.54. The van der Waals surface area contributed by atoms with E-state index in [1.807, 2.05) is 6.92 Å². The average Bonchev–Trinajstić information content (AvgIpc) is 2.21. The molecule has 1 aromatic heterocycles. The minimum atomic E-state index is -1.02. The summed E-state index contributed by atoms with van der Waals surface area (Å²) in [5.74, 6) is -0.474. The number of rotatable bonds is 5. The molecular weight excluding hydrogens is 206 g/mol. The van der Waals surface area contributed by atoms with Crippen molar-refractivity contribution < 1.29 is 9.90 Å². The number of nitrogen functional groups attached to an aromatic ring is 1. The Morgan fingerprint density at radius 1 is 1.69 bits per heavy atom. The van der Waals surface area contributed by atoms with Gasteiger partial charge in [0.05, 0.1) is 11.3 Å². The second-order valence-corrected chi connectivity index (χ2v) is 3.80. The number of nitrogens with zero attached hydrogens (tertiary/aromatic N) is 1. The number of nitrogens with one attached hydrogen (secondary N) is 1. The molecule has 0 bridgehead atoms. The molecule has 0 fully saturated rings. The minimum Gasteiger partial charge on any atom is -0.478 e. The van der Waals surface area contributed by atoms with Crippen molar-refractivity contribution >= 4 is 17.5 Å². The fourth-order valence-electron chi connectivity index (χ4n) is 1.46. The lowest BCUT2D eigenvalue weighted by molar-refractivity contribution is 0.0696. The third kappa shape index (κ3) is 3.12. The molecule has 88 valence electrons. The standard InChI is InChI=1S/C11H17N3O2/c1-3-4-7(2)14-10-9(12)5-8(6-13-10)11(15)16/h5-7H,3-4,12H2,1-2H3,(H,13,14)(H,15,16). The highest BCUT2D eigenvalue weighted by Crippen LogP contribution is 2.18. The van der Waals surface area contributed by atoms with Crippen LogP contribution >= 0.6 is 0 Å². The molecule has 1 atom stereocenters. The largest absolute Gasteiger partial charge is 0.478 e. The van der Waals surface area contributed by atoms with Crippen molar-refractivity contribution in [3.63, 3.8) is 0 Å². The maximum Gasteiger partial charge on any atom is 0.337 e. The van der Waals surface area contributed by atoms with E-state index in [2.05, 4.69) is 17.2 Å². The lowest BCUT2D eigenvalue weighted by atomic mass is 10.2. The summed E-state index contributed by atoms with van der Waals surface area (Å²) in [6.45, 7) is 4.14. The maximum absolute atomic E-state index is 10.7. The van der Waals surface area contributed by atoms with Crippen LogP contribution in [0.1, 0.15) is 37.0 Å². The van der Waals surface area contributed by atoms with Gasteiger partial charge in [0.1, 0.15) is 5.82 Å². The van der Waals surface area contributed by atoms with E-state index < -0.39 is 5.97 Å². The average molecular weight is 223 g/mol. The fourth-order valence-corrected chi connectivity index (χ4v) is 1.46. The first kappa shape index (κ1) is 12.3. The molecule has 0 amide bonds. The fraction of sp³-hybridized carbons (Fsp3) is 0.455. The van der Waals surface area contributed by atoms with E-state index in [-0.39, 0.29) is 11.6 Å². The highest BCUT2D eigenvalue weighted by molar-refractivity contribution is 5.89. The molecule has 1 rings (SSSR count). The van der Waals surface area contributed by atoms with Crippen molar-refractivity contribution in [2.75, 3.05) is 11.1 Å². The van der Waals surface area contributed by atoms with Gasteiger partial charge < -0.3 is 16.2 Å². The van der Waals surface area contributed by atoms with Crippen LogP contribution in [0.5, 0.6) is 0 Å². The van der Waals surface area contributed by atoms with Gasteiger partial charge in [-0.1, -0.05) is 13.3 Å². The van der Waals surface area contributed by atoms with Gasteiger partial charge in [0.2, 0.25) is 0 Å². The van der Waals surface area contributed by atoms with Crippen LogP contribution in [-0.2, 0) is 0 Å². The summed E-state index contributed by atoms with van der Waals surface area (Å²) in [7, 11) is 0. The molecule has 0 aliphatic rings. The molecule has 1 unspecified atom stereocenters. The number of hydrogen-bond donors (Lipinski definition) is 3. The van der Waals surface area contributed by atoms with Gasteiger partial charge in [-0.2, -0.15) is 0 Å². The Kier molecular flexibility index (Phi) is 4.10. The van der Waals surface area contributed by atoms with Crippen LogP contribution in [0, 0.1) is 0 Å². The number of carboxylic acid groups (broad SMARTS) is 1. The van der Waals surface area contributed by atoms with E-state index in [0.29, 0.717) is 11.5 Å². The number of nitrogens with two attached hydrogens (primary N) is 1.